The van der Waals surface area contributed by atoms with Crippen LogP contribution in [-0.4, -0.2) is 36.0 Å². The Labute approximate surface area is 143 Å². The second-order valence-electron chi connectivity index (χ2n) is 6.86. The van der Waals surface area contributed by atoms with Gasteiger partial charge in [0.05, 0.1) is 26.4 Å². The predicted molar refractivity (Wildman–Crippen MR) is 92.9 cm³/mol. The molecule has 5 heteroatoms. The van der Waals surface area contributed by atoms with E-state index in [1.54, 1.807) is 14.2 Å². The van der Waals surface area contributed by atoms with Crippen LogP contribution in [0, 0.1) is 0 Å². The lowest BCUT2D eigenvalue weighted by Crippen LogP contribution is -2.34. The first kappa shape index (κ1) is 16.8. The van der Waals surface area contributed by atoms with Crippen molar-refractivity contribution < 1.29 is 14.2 Å². The highest BCUT2D eigenvalue weighted by Gasteiger charge is 2.32. The summed E-state index contributed by atoms with van der Waals surface area (Å²) in [5.74, 6) is 3.08. The van der Waals surface area contributed by atoms with Crippen LogP contribution in [0.2, 0.25) is 0 Å². The molecule has 0 saturated carbocycles. The minimum atomic E-state index is -0.0899. The van der Waals surface area contributed by atoms with Crippen LogP contribution in [-0.2, 0) is 11.3 Å². The molecule has 0 N–H and O–H groups in total. The minimum Gasteiger partial charge on any atom is -0.493 e. The monoisotopic (exact) mass is 330 g/mol. The molecule has 130 valence electrons. The quantitative estimate of drug-likeness (QED) is 0.840. The second-order valence-corrected chi connectivity index (χ2v) is 6.86. The number of rotatable bonds is 5. The summed E-state index contributed by atoms with van der Waals surface area (Å²) in [5.41, 5.74) is 0.996. The highest BCUT2D eigenvalue weighted by atomic mass is 16.5. The van der Waals surface area contributed by atoms with Crippen molar-refractivity contribution in [3.05, 3.63) is 42.0 Å². The van der Waals surface area contributed by atoms with Gasteiger partial charge in [-0.2, -0.15) is 0 Å². The molecular formula is C19H26N2O3. The average Bonchev–Trinajstić information content (AvgIpc) is 3.01. The fraction of sp³-hybridized carbons (Fsp3) is 0.526. The van der Waals surface area contributed by atoms with Crippen LogP contribution >= 0.6 is 0 Å². The molecule has 3 rings (SSSR count). The van der Waals surface area contributed by atoms with Crippen molar-refractivity contribution in [2.24, 2.45) is 0 Å². The molecule has 0 aliphatic carbocycles. The van der Waals surface area contributed by atoms with Crippen LogP contribution < -0.4 is 9.47 Å². The first-order valence-corrected chi connectivity index (χ1v) is 8.39. The third-order valence-corrected chi connectivity index (χ3v) is 4.64. The van der Waals surface area contributed by atoms with E-state index in [0.29, 0.717) is 12.5 Å². The number of hydrogen-bond donors (Lipinski definition) is 0. The summed E-state index contributed by atoms with van der Waals surface area (Å²) in [6.07, 6.45) is 5.91. The Kier molecular flexibility index (Phi) is 4.81. The summed E-state index contributed by atoms with van der Waals surface area (Å²) >= 11 is 0. The third-order valence-electron chi connectivity index (χ3n) is 4.64. The highest BCUT2D eigenvalue weighted by Crippen LogP contribution is 2.36. The summed E-state index contributed by atoms with van der Waals surface area (Å²) in [7, 11) is 3.34. The van der Waals surface area contributed by atoms with Gasteiger partial charge in [-0.05, 0) is 32.8 Å². The fourth-order valence-corrected chi connectivity index (χ4v) is 3.53. The molecular weight excluding hydrogens is 304 g/mol. The van der Waals surface area contributed by atoms with Gasteiger partial charge >= 0.3 is 0 Å². The number of benzene rings is 1. The van der Waals surface area contributed by atoms with Crippen LogP contribution in [0.25, 0.3) is 0 Å². The molecule has 0 bridgehead atoms. The second kappa shape index (κ2) is 6.85. The van der Waals surface area contributed by atoms with E-state index >= 15 is 0 Å². The lowest BCUT2D eigenvalue weighted by Gasteiger charge is -2.35. The number of nitrogens with zero attached hydrogens (tertiary/aromatic N) is 2. The van der Waals surface area contributed by atoms with Gasteiger partial charge in [0.2, 0.25) is 0 Å². The van der Waals surface area contributed by atoms with E-state index in [1.807, 2.05) is 24.5 Å². The van der Waals surface area contributed by atoms with Crippen LogP contribution in [0.3, 0.4) is 0 Å². The zero-order valence-corrected chi connectivity index (χ0v) is 14.9. The topological polar surface area (TPSA) is 45.5 Å². The maximum absolute atomic E-state index is 5.84. The van der Waals surface area contributed by atoms with E-state index in [0.717, 1.165) is 42.3 Å². The lowest BCUT2D eigenvalue weighted by molar-refractivity contribution is -0.0606. The Morgan fingerprint density at radius 1 is 1.29 bits per heavy atom. The summed E-state index contributed by atoms with van der Waals surface area (Å²) in [5, 5.41) is 0. The molecule has 24 heavy (non-hydrogen) atoms. The molecule has 0 amide bonds. The molecule has 1 aromatic carbocycles. The summed E-state index contributed by atoms with van der Waals surface area (Å²) in [6, 6.07) is 5.97. The maximum atomic E-state index is 5.84. The number of imidazole rings is 1. The Bertz CT molecular complexity index is 694. The Hall–Kier alpha value is -2.01. The SMILES string of the molecule is COc1cccc(Cn2ccnc2C2CCOC(C)(C)C2)c1OC. The summed E-state index contributed by atoms with van der Waals surface area (Å²) in [6.45, 7) is 5.80. The van der Waals surface area contributed by atoms with Crippen LogP contribution in [0.5, 0.6) is 11.5 Å². The van der Waals surface area contributed by atoms with Gasteiger partial charge < -0.3 is 18.8 Å². The zero-order chi connectivity index (χ0) is 17.2. The predicted octanol–water partition coefficient (Wildman–Crippen LogP) is 3.62. The smallest absolute Gasteiger partial charge is 0.165 e. The number of methoxy groups -OCH3 is 2. The number of ether oxygens (including phenoxy) is 3. The van der Waals surface area contributed by atoms with Gasteiger partial charge in [-0.1, -0.05) is 12.1 Å². The molecule has 0 radical (unpaired) electrons. The molecule has 1 saturated heterocycles. The highest BCUT2D eigenvalue weighted by molar-refractivity contribution is 5.46. The molecule has 5 nitrogen and oxygen atoms in total. The van der Waals surface area contributed by atoms with Crippen LogP contribution in [0.15, 0.2) is 30.6 Å². The van der Waals surface area contributed by atoms with Crippen LogP contribution in [0.1, 0.15) is 44.0 Å². The number of hydrogen-bond acceptors (Lipinski definition) is 4. The van der Waals surface area contributed by atoms with Gasteiger partial charge in [0.1, 0.15) is 5.82 Å². The first-order valence-electron chi connectivity index (χ1n) is 8.39. The third kappa shape index (κ3) is 3.41. The minimum absolute atomic E-state index is 0.0899. The summed E-state index contributed by atoms with van der Waals surface area (Å²) < 4.78 is 19.0. The standard InChI is InChI=1S/C19H26N2O3/c1-19(2)12-14(8-11-24-19)18-20-9-10-21(18)13-15-6-5-7-16(22-3)17(15)23-4/h5-7,9-10,14H,8,11-13H2,1-4H3. The van der Waals surface area contributed by atoms with E-state index in [-0.39, 0.29) is 5.60 Å². The van der Waals surface area contributed by atoms with E-state index in [1.165, 1.54) is 0 Å². The van der Waals surface area contributed by atoms with Crippen molar-refractivity contribution in [3.63, 3.8) is 0 Å². The first-order chi connectivity index (χ1) is 11.5. The van der Waals surface area contributed by atoms with Crippen molar-refractivity contribution in [2.75, 3.05) is 20.8 Å². The van der Waals surface area contributed by atoms with E-state index < -0.39 is 0 Å². The normalized spacial score (nSPS) is 19.9. The molecule has 1 unspecified atom stereocenters. The molecule has 2 heterocycles. The van der Waals surface area contributed by atoms with Crippen molar-refractivity contribution in [1.82, 2.24) is 9.55 Å². The molecule has 1 aliphatic rings. The molecule has 2 aromatic rings. The molecule has 0 spiro atoms. The van der Waals surface area contributed by atoms with E-state index in [2.05, 4.69) is 29.5 Å². The van der Waals surface area contributed by atoms with Gasteiger partial charge in [0.25, 0.3) is 0 Å². The van der Waals surface area contributed by atoms with Gasteiger partial charge in [0, 0.05) is 30.5 Å². The van der Waals surface area contributed by atoms with E-state index in [9.17, 15) is 0 Å². The number of aromatic nitrogens is 2. The Morgan fingerprint density at radius 3 is 2.83 bits per heavy atom. The van der Waals surface area contributed by atoms with Crippen molar-refractivity contribution in [1.29, 1.82) is 0 Å². The van der Waals surface area contributed by atoms with Gasteiger partial charge in [-0.15, -0.1) is 0 Å². The molecule has 1 aromatic heterocycles. The average molecular weight is 330 g/mol. The van der Waals surface area contributed by atoms with Crippen molar-refractivity contribution >= 4 is 0 Å². The van der Waals surface area contributed by atoms with Gasteiger partial charge in [0.15, 0.2) is 11.5 Å². The van der Waals surface area contributed by atoms with Crippen LogP contribution in [0.4, 0.5) is 0 Å². The molecule has 1 fully saturated rings. The van der Waals surface area contributed by atoms with Gasteiger partial charge in [-0.25, -0.2) is 4.98 Å². The molecule has 1 atom stereocenters. The maximum Gasteiger partial charge on any atom is 0.165 e. The van der Waals surface area contributed by atoms with Gasteiger partial charge in [-0.3, -0.25) is 0 Å². The summed E-state index contributed by atoms with van der Waals surface area (Å²) in [4.78, 5) is 4.64. The number of para-hydroxylation sites is 1. The molecule has 1 aliphatic heterocycles. The van der Waals surface area contributed by atoms with E-state index in [4.69, 9.17) is 14.2 Å². The zero-order valence-electron chi connectivity index (χ0n) is 14.9. The Morgan fingerprint density at radius 2 is 2.12 bits per heavy atom. The largest absolute Gasteiger partial charge is 0.493 e. The fourth-order valence-electron chi connectivity index (χ4n) is 3.53. The van der Waals surface area contributed by atoms with Crippen molar-refractivity contribution in [3.8, 4) is 11.5 Å². The lowest BCUT2D eigenvalue weighted by atomic mass is 9.88. The Balaban J connectivity index is 1.87. The van der Waals surface area contributed by atoms with Crippen molar-refractivity contribution in [2.45, 2.75) is 44.8 Å².